The minimum Gasteiger partial charge on any atom is -0.488 e. The average Bonchev–Trinajstić information content (AvgIpc) is 2.64. The van der Waals surface area contributed by atoms with E-state index in [2.05, 4.69) is 5.32 Å². The topological polar surface area (TPSA) is 21.3 Å². The van der Waals surface area contributed by atoms with E-state index in [1.54, 1.807) is 0 Å². The van der Waals surface area contributed by atoms with E-state index in [1.807, 2.05) is 0 Å². The molecule has 0 radical (unpaired) electrons. The van der Waals surface area contributed by atoms with Gasteiger partial charge in [0.15, 0.2) is 0 Å². The molecule has 1 saturated heterocycles. The second kappa shape index (κ2) is 4.83. The van der Waals surface area contributed by atoms with Crippen LogP contribution in [-0.2, 0) is 6.18 Å². The maximum atomic E-state index is 14.0. The minimum atomic E-state index is -4.64. The molecule has 2 atom stereocenters. The summed E-state index contributed by atoms with van der Waals surface area (Å²) in [5.41, 5.74) is -1.12. The number of ether oxygens (including phenoxy) is 1. The van der Waals surface area contributed by atoms with E-state index in [4.69, 9.17) is 7.48 Å². The van der Waals surface area contributed by atoms with Gasteiger partial charge >= 0.3 is 6.18 Å². The Kier molecular flexibility index (Phi) is 3.00. The monoisotopic (exact) mass is 299 g/mol. The molecular formula is C12H12ClF4NO. The SMILES string of the molecule is Cl.[2H]C1([2H])CC[C@@H]2Oc3cc(C(F)(F)F)cc(F)c3[C@@H]2N1. The van der Waals surface area contributed by atoms with Gasteiger partial charge in [0.2, 0.25) is 0 Å². The number of fused-ring (bicyclic) bond motifs is 3. The van der Waals surface area contributed by atoms with Crippen molar-refractivity contribution in [2.24, 2.45) is 0 Å². The fourth-order valence-electron chi connectivity index (χ4n) is 2.36. The van der Waals surface area contributed by atoms with E-state index < -0.39 is 36.2 Å². The van der Waals surface area contributed by atoms with Gasteiger partial charge in [0.1, 0.15) is 17.7 Å². The van der Waals surface area contributed by atoms with Gasteiger partial charge in [-0.05, 0) is 31.5 Å². The van der Waals surface area contributed by atoms with Crippen LogP contribution in [0.3, 0.4) is 0 Å². The molecule has 0 aromatic heterocycles. The third kappa shape index (κ3) is 2.39. The molecule has 0 aliphatic carbocycles. The highest BCUT2D eigenvalue weighted by Gasteiger charge is 2.41. The zero-order valence-electron chi connectivity index (χ0n) is 11.6. The average molecular weight is 300 g/mol. The van der Waals surface area contributed by atoms with Crippen LogP contribution in [0.5, 0.6) is 5.75 Å². The molecular weight excluding hydrogens is 286 g/mol. The zero-order chi connectivity index (χ0) is 14.7. The number of nitrogens with one attached hydrogen (secondary N) is 1. The first-order chi connectivity index (χ1) is 9.17. The molecule has 0 saturated carbocycles. The van der Waals surface area contributed by atoms with Crippen LogP contribution in [0.4, 0.5) is 17.6 Å². The Labute approximate surface area is 116 Å². The van der Waals surface area contributed by atoms with E-state index in [0.29, 0.717) is 12.5 Å². The second-order valence-electron chi connectivity index (χ2n) is 4.36. The van der Waals surface area contributed by atoms with Crippen LogP contribution in [0.25, 0.3) is 0 Å². The van der Waals surface area contributed by atoms with E-state index >= 15 is 0 Å². The zero-order valence-corrected chi connectivity index (χ0v) is 10.4. The summed E-state index contributed by atoms with van der Waals surface area (Å²) in [6.45, 7) is -1.68. The molecule has 1 aromatic rings. The number of halogens is 5. The molecule has 2 nitrogen and oxygen atoms in total. The van der Waals surface area contributed by atoms with Gasteiger partial charge in [-0.25, -0.2) is 4.39 Å². The van der Waals surface area contributed by atoms with Crippen LogP contribution in [0, 0.1) is 5.82 Å². The first kappa shape index (κ1) is 11.8. The number of piperidine rings is 1. The predicted molar refractivity (Wildman–Crippen MR) is 63.0 cm³/mol. The van der Waals surface area contributed by atoms with Crippen molar-refractivity contribution < 1.29 is 25.0 Å². The van der Waals surface area contributed by atoms with Crippen molar-refractivity contribution in [3.63, 3.8) is 0 Å². The second-order valence-corrected chi connectivity index (χ2v) is 4.36. The fourth-order valence-corrected chi connectivity index (χ4v) is 2.36. The first-order valence-corrected chi connectivity index (χ1v) is 5.52. The lowest BCUT2D eigenvalue weighted by Crippen LogP contribution is -2.37. The van der Waals surface area contributed by atoms with Gasteiger partial charge in [-0.15, -0.1) is 12.4 Å². The summed E-state index contributed by atoms with van der Waals surface area (Å²) in [4.78, 5) is 0. The van der Waals surface area contributed by atoms with Gasteiger partial charge in [-0.2, -0.15) is 13.2 Å². The van der Waals surface area contributed by atoms with Crippen molar-refractivity contribution in [1.82, 2.24) is 5.32 Å². The minimum absolute atomic E-state index is 0. The van der Waals surface area contributed by atoms with Crippen molar-refractivity contribution in [3.05, 3.63) is 29.1 Å². The van der Waals surface area contributed by atoms with E-state index in [-0.39, 0.29) is 30.1 Å². The molecule has 0 unspecified atom stereocenters. The molecule has 0 spiro atoms. The third-order valence-electron chi connectivity index (χ3n) is 3.19. The quantitative estimate of drug-likeness (QED) is 0.741. The summed E-state index contributed by atoms with van der Waals surface area (Å²) < 4.78 is 72.5. The molecule has 1 N–H and O–H groups in total. The standard InChI is InChI=1S/C12H11F4NO.ClH/c13-7-4-6(12(14,15)16)5-9-10(7)11-8(18-9)2-1-3-17-11;/h4-5,8,11,17H,1-3H2;1H/t8-,11+;/m0./s1/i3D2;. The Morgan fingerprint density at radius 1 is 1.37 bits per heavy atom. The maximum absolute atomic E-state index is 14.0. The number of hydrogen-bond acceptors (Lipinski definition) is 2. The summed E-state index contributed by atoms with van der Waals surface area (Å²) in [5, 5.41) is 2.60. The summed E-state index contributed by atoms with van der Waals surface area (Å²) in [6.07, 6.45) is -4.70. The summed E-state index contributed by atoms with van der Waals surface area (Å²) in [5.74, 6) is -1.18. The van der Waals surface area contributed by atoms with Crippen LogP contribution >= 0.6 is 12.4 Å². The number of alkyl halides is 3. The lowest BCUT2D eigenvalue weighted by atomic mass is 9.95. The van der Waals surface area contributed by atoms with Gasteiger partial charge in [0.25, 0.3) is 0 Å². The highest BCUT2D eigenvalue weighted by molar-refractivity contribution is 5.85. The molecule has 2 aliphatic rings. The summed E-state index contributed by atoms with van der Waals surface area (Å²) in [7, 11) is 0. The van der Waals surface area contributed by atoms with Crippen LogP contribution in [0.2, 0.25) is 0 Å². The van der Waals surface area contributed by atoms with Gasteiger partial charge in [0.05, 0.1) is 17.2 Å². The molecule has 19 heavy (non-hydrogen) atoms. The molecule has 2 heterocycles. The lowest BCUT2D eigenvalue weighted by molar-refractivity contribution is -0.137. The van der Waals surface area contributed by atoms with Crippen LogP contribution in [-0.4, -0.2) is 12.6 Å². The molecule has 7 heteroatoms. The van der Waals surface area contributed by atoms with Crippen LogP contribution in [0.1, 0.15) is 32.8 Å². The third-order valence-corrected chi connectivity index (χ3v) is 3.19. The van der Waals surface area contributed by atoms with Crippen molar-refractivity contribution in [3.8, 4) is 5.75 Å². The molecule has 3 rings (SSSR count). The fraction of sp³-hybridized carbons (Fsp3) is 0.500. The highest BCUT2D eigenvalue weighted by atomic mass is 35.5. The van der Waals surface area contributed by atoms with Crippen molar-refractivity contribution >= 4 is 12.4 Å². The first-order valence-electron chi connectivity index (χ1n) is 6.52. The lowest BCUT2D eigenvalue weighted by Gasteiger charge is -2.25. The molecule has 0 bridgehead atoms. The summed E-state index contributed by atoms with van der Waals surface area (Å²) in [6, 6.07) is 0.445. The van der Waals surface area contributed by atoms with Crippen molar-refractivity contribution in [1.29, 1.82) is 0 Å². The Bertz CT molecular complexity index is 567. The molecule has 1 aromatic carbocycles. The Balaban J connectivity index is 0.00000161. The van der Waals surface area contributed by atoms with E-state index in [0.717, 1.165) is 6.07 Å². The van der Waals surface area contributed by atoms with Crippen LogP contribution < -0.4 is 10.1 Å². The smallest absolute Gasteiger partial charge is 0.416 e. The molecule has 2 aliphatic heterocycles. The Hall–Kier alpha value is -1.01. The van der Waals surface area contributed by atoms with Gasteiger partial charge in [0, 0.05) is 2.74 Å². The maximum Gasteiger partial charge on any atom is 0.416 e. The van der Waals surface area contributed by atoms with E-state index in [9.17, 15) is 17.6 Å². The number of rotatable bonds is 0. The number of benzene rings is 1. The largest absolute Gasteiger partial charge is 0.488 e. The van der Waals surface area contributed by atoms with Crippen LogP contribution in [0.15, 0.2) is 12.1 Å². The normalized spacial score (nSPS) is 29.3. The highest BCUT2D eigenvalue weighted by Crippen LogP contribution is 2.44. The predicted octanol–water partition coefficient (Wildman–Crippen LogP) is 3.45. The summed E-state index contributed by atoms with van der Waals surface area (Å²) >= 11 is 0. The van der Waals surface area contributed by atoms with Crippen molar-refractivity contribution in [2.45, 2.75) is 31.2 Å². The van der Waals surface area contributed by atoms with Gasteiger partial charge in [-0.3, -0.25) is 0 Å². The van der Waals surface area contributed by atoms with Crippen molar-refractivity contribution in [2.75, 3.05) is 6.50 Å². The number of hydrogen-bond donors (Lipinski definition) is 1. The Morgan fingerprint density at radius 3 is 2.79 bits per heavy atom. The van der Waals surface area contributed by atoms with Gasteiger partial charge < -0.3 is 10.1 Å². The molecule has 0 amide bonds. The van der Waals surface area contributed by atoms with E-state index in [1.165, 1.54) is 0 Å². The molecule has 106 valence electrons. The molecule has 1 fully saturated rings. The van der Waals surface area contributed by atoms with Gasteiger partial charge in [-0.1, -0.05) is 0 Å². The Morgan fingerprint density at radius 2 is 2.11 bits per heavy atom.